The maximum Gasteiger partial charge on any atom is 0.255 e. The van der Waals surface area contributed by atoms with Gasteiger partial charge in [0.1, 0.15) is 18.4 Å². The highest BCUT2D eigenvalue weighted by Crippen LogP contribution is 2.15. The minimum Gasteiger partial charge on any atom is -0.484 e. The summed E-state index contributed by atoms with van der Waals surface area (Å²) in [5, 5.41) is 8.67. The maximum atomic E-state index is 13.1. The Labute approximate surface area is 97.3 Å². The summed E-state index contributed by atoms with van der Waals surface area (Å²) in [6.07, 6.45) is 2.86. The first-order valence-electron chi connectivity index (χ1n) is 4.88. The zero-order valence-corrected chi connectivity index (χ0v) is 8.80. The molecule has 2 aromatic heterocycles. The second-order valence-corrected chi connectivity index (χ2v) is 3.24. The van der Waals surface area contributed by atoms with Crippen molar-refractivity contribution in [2.24, 2.45) is 0 Å². The Morgan fingerprint density at radius 3 is 2.94 bits per heavy atom. The van der Waals surface area contributed by atoms with Crippen molar-refractivity contribution in [3.63, 3.8) is 0 Å². The quantitative estimate of drug-likeness (QED) is 0.756. The lowest BCUT2D eigenvalue weighted by Crippen LogP contribution is -1.99. The molecule has 0 aliphatic heterocycles. The number of aromatic nitrogens is 2. The highest BCUT2D eigenvalue weighted by Gasteiger charge is 2.03. The number of pyridine rings is 2. The van der Waals surface area contributed by atoms with Crippen molar-refractivity contribution in [1.82, 2.24) is 9.97 Å². The van der Waals surface area contributed by atoms with E-state index in [0.717, 1.165) is 5.56 Å². The molecule has 0 spiro atoms. The first-order chi connectivity index (χ1) is 8.29. The molecular weight excluding hydrogens is 221 g/mol. The maximum absolute atomic E-state index is 13.1. The second kappa shape index (κ2) is 5.03. The van der Waals surface area contributed by atoms with Gasteiger partial charge in [-0.25, -0.2) is 9.97 Å². The molecule has 2 heterocycles. The van der Waals surface area contributed by atoms with Crippen molar-refractivity contribution < 1.29 is 9.13 Å². The van der Waals surface area contributed by atoms with Gasteiger partial charge in [0.15, 0.2) is 5.75 Å². The lowest BCUT2D eigenvalue weighted by Gasteiger charge is -2.06. The van der Waals surface area contributed by atoms with Crippen molar-refractivity contribution in [2.75, 3.05) is 0 Å². The van der Waals surface area contributed by atoms with Gasteiger partial charge < -0.3 is 4.74 Å². The Kier molecular flexibility index (Phi) is 3.26. The molecule has 5 heteroatoms. The Morgan fingerprint density at radius 1 is 1.29 bits per heavy atom. The summed E-state index contributed by atoms with van der Waals surface area (Å²) in [6, 6.07) is 8.30. The summed E-state index contributed by atoms with van der Waals surface area (Å²) in [5.74, 6) is -0.565. The van der Waals surface area contributed by atoms with Crippen molar-refractivity contribution in [3.8, 4) is 11.8 Å². The van der Waals surface area contributed by atoms with Crippen LogP contribution in [0.4, 0.5) is 4.39 Å². The molecule has 17 heavy (non-hydrogen) atoms. The lowest BCUT2D eigenvalue weighted by atomic mass is 10.2. The number of hydrogen-bond acceptors (Lipinski definition) is 4. The van der Waals surface area contributed by atoms with Crippen molar-refractivity contribution in [2.45, 2.75) is 6.61 Å². The molecule has 0 saturated carbocycles. The molecule has 0 radical (unpaired) electrons. The minimum absolute atomic E-state index is 0.0859. The van der Waals surface area contributed by atoms with Gasteiger partial charge >= 0.3 is 0 Å². The van der Waals surface area contributed by atoms with E-state index in [-0.39, 0.29) is 12.4 Å². The predicted molar refractivity (Wildman–Crippen MR) is 57.5 cm³/mol. The molecule has 0 amide bonds. The Morgan fingerprint density at radius 2 is 2.18 bits per heavy atom. The second-order valence-electron chi connectivity index (χ2n) is 3.24. The lowest BCUT2D eigenvalue weighted by molar-refractivity contribution is 0.286. The normalized spacial score (nSPS) is 9.65. The fourth-order valence-corrected chi connectivity index (χ4v) is 1.27. The van der Waals surface area contributed by atoms with E-state index in [1.165, 1.54) is 18.5 Å². The summed E-state index contributed by atoms with van der Waals surface area (Å²) in [6.45, 7) is 0.166. The van der Waals surface area contributed by atoms with Crippen LogP contribution in [0.1, 0.15) is 11.3 Å². The number of hydrogen-bond donors (Lipinski definition) is 0. The summed E-state index contributed by atoms with van der Waals surface area (Å²) in [4.78, 5) is 7.30. The van der Waals surface area contributed by atoms with Crippen LogP contribution in [0.2, 0.25) is 0 Å². The first kappa shape index (κ1) is 11.0. The van der Waals surface area contributed by atoms with E-state index >= 15 is 0 Å². The van der Waals surface area contributed by atoms with Gasteiger partial charge in [-0.05, 0) is 29.8 Å². The first-order valence-corrected chi connectivity index (χ1v) is 4.88. The topological polar surface area (TPSA) is 58.8 Å². The highest BCUT2D eigenvalue weighted by molar-refractivity contribution is 5.26. The molecule has 0 bridgehead atoms. The average Bonchev–Trinajstić information content (AvgIpc) is 2.38. The van der Waals surface area contributed by atoms with E-state index in [0.29, 0.717) is 5.69 Å². The third kappa shape index (κ3) is 2.75. The van der Waals surface area contributed by atoms with Crippen LogP contribution in [0.25, 0.3) is 0 Å². The molecule has 0 saturated heterocycles. The zero-order chi connectivity index (χ0) is 12.1. The van der Waals surface area contributed by atoms with E-state index in [2.05, 4.69) is 9.97 Å². The third-order valence-electron chi connectivity index (χ3n) is 2.06. The van der Waals surface area contributed by atoms with E-state index in [9.17, 15) is 4.39 Å². The molecule has 0 aromatic carbocycles. The van der Waals surface area contributed by atoms with Crippen LogP contribution in [0.5, 0.6) is 5.75 Å². The molecule has 0 atom stereocenters. The predicted octanol–water partition coefficient (Wildman–Crippen LogP) is 2.07. The number of ether oxygens (including phenoxy) is 1. The van der Waals surface area contributed by atoms with Crippen LogP contribution in [-0.2, 0) is 6.61 Å². The fourth-order valence-electron chi connectivity index (χ4n) is 1.27. The van der Waals surface area contributed by atoms with Crippen molar-refractivity contribution in [1.29, 1.82) is 5.26 Å². The van der Waals surface area contributed by atoms with Crippen LogP contribution in [0.15, 0.2) is 36.7 Å². The Bertz CT molecular complexity index is 566. The SMILES string of the molecule is N#Cc1cc(COc2cccnc2F)ccn1. The number of halogens is 1. The van der Waals surface area contributed by atoms with Crippen LogP contribution >= 0.6 is 0 Å². The van der Waals surface area contributed by atoms with Gasteiger partial charge in [-0.1, -0.05) is 0 Å². The van der Waals surface area contributed by atoms with Gasteiger partial charge in [0.05, 0.1) is 0 Å². The van der Waals surface area contributed by atoms with Gasteiger partial charge in [0, 0.05) is 12.4 Å². The number of nitrogens with zero attached hydrogens (tertiary/aromatic N) is 3. The van der Waals surface area contributed by atoms with Gasteiger partial charge in [-0.2, -0.15) is 9.65 Å². The van der Waals surface area contributed by atoms with Crippen LogP contribution in [-0.4, -0.2) is 9.97 Å². The van der Waals surface area contributed by atoms with Crippen molar-refractivity contribution >= 4 is 0 Å². The standard InChI is InChI=1S/C12H8FN3O/c13-12-11(2-1-4-16-12)17-8-9-3-5-15-10(6-9)7-14/h1-6H,8H2. The molecular formula is C12H8FN3O. The third-order valence-corrected chi connectivity index (χ3v) is 2.06. The van der Waals surface area contributed by atoms with E-state index < -0.39 is 5.95 Å². The number of nitriles is 1. The molecule has 2 aromatic rings. The highest BCUT2D eigenvalue weighted by atomic mass is 19.1. The molecule has 4 nitrogen and oxygen atoms in total. The monoisotopic (exact) mass is 229 g/mol. The Balaban J connectivity index is 2.08. The van der Waals surface area contributed by atoms with E-state index in [1.807, 2.05) is 6.07 Å². The van der Waals surface area contributed by atoms with Crippen LogP contribution in [0.3, 0.4) is 0 Å². The molecule has 84 valence electrons. The molecule has 0 aliphatic carbocycles. The van der Waals surface area contributed by atoms with E-state index in [4.69, 9.17) is 10.00 Å². The van der Waals surface area contributed by atoms with Crippen LogP contribution < -0.4 is 4.74 Å². The smallest absolute Gasteiger partial charge is 0.255 e. The average molecular weight is 229 g/mol. The molecule has 2 rings (SSSR count). The molecule has 0 aliphatic rings. The zero-order valence-electron chi connectivity index (χ0n) is 8.80. The van der Waals surface area contributed by atoms with Gasteiger partial charge in [0.2, 0.25) is 0 Å². The molecule has 0 N–H and O–H groups in total. The summed E-state index contributed by atoms with van der Waals surface area (Å²) >= 11 is 0. The fraction of sp³-hybridized carbons (Fsp3) is 0.0833. The van der Waals surface area contributed by atoms with E-state index in [1.54, 1.807) is 18.2 Å². The summed E-state index contributed by atoms with van der Waals surface area (Å²) in [7, 11) is 0. The summed E-state index contributed by atoms with van der Waals surface area (Å²) in [5.41, 5.74) is 1.05. The molecule has 0 fully saturated rings. The molecule has 0 unspecified atom stereocenters. The van der Waals surface area contributed by atoms with Crippen molar-refractivity contribution in [3.05, 3.63) is 53.9 Å². The van der Waals surface area contributed by atoms with Gasteiger partial charge in [0.25, 0.3) is 5.95 Å². The summed E-state index contributed by atoms with van der Waals surface area (Å²) < 4.78 is 18.4. The number of rotatable bonds is 3. The van der Waals surface area contributed by atoms with Gasteiger partial charge in [-0.3, -0.25) is 0 Å². The largest absolute Gasteiger partial charge is 0.484 e. The Hall–Kier alpha value is -2.48. The van der Waals surface area contributed by atoms with Gasteiger partial charge in [-0.15, -0.1) is 0 Å². The van der Waals surface area contributed by atoms with Crippen LogP contribution in [0, 0.1) is 17.3 Å². The minimum atomic E-state index is -0.651.